The van der Waals surface area contributed by atoms with Gasteiger partial charge in [0.05, 0.1) is 13.1 Å². The molecule has 18 aromatic rings. The molecule has 2 aliphatic rings. The van der Waals surface area contributed by atoms with Gasteiger partial charge in [0, 0.05) is 112 Å². The number of aromatic nitrogens is 7. The Labute approximate surface area is 714 Å². The second-order valence-electron chi connectivity index (χ2n) is 28.2. The predicted molar refractivity (Wildman–Crippen MR) is 492 cm³/mol. The van der Waals surface area contributed by atoms with Gasteiger partial charge in [0.2, 0.25) is 0 Å². The quantitative estimate of drug-likeness (QED) is 0.0535. The van der Waals surface area contributed by atoms with Gasteiger partial charge in [-0.3, -0.25) is 5.01 Å². The third-order valence-corrected chi connectivity index (χ3v) is 22.2. The van der Waals surface area contributed by atoms with Crippen LogP contribution in [0.3, 0.4) is 0 Å². The van der Waals surface area contributed by atoms with Crippen LogP contribution >= 0.6 is 23.5 Å². The molecule has 20 heteroatoms. The molecule has 122 heavy (non-hydrogen) atoms. The van der Waals surface area contributed by atoms with Gasteiger partial charge in [0.25, 0.3) is 23.5 Å². The molecule has 602 valence electrons. The van der Waals surface area contributed by atoms with E-state index in [-0.39, 0.29) is 53.9 Å². The molecule has 0 bridgehead atoms. The Morgan fingerprint density at radius 2 is 0.590 bits per heavy atom. The summed E-state index contributed by atoms with van der Waals surface area (Å²) >= 11 is 2.26. The van der Waals surface area contributed by atoms with Crippen LogP contribution in [0.5, 0.6) is 0 Å². The van der Waals surface area contributed by atoms with Crippen molar-refractivity contribution in [3.8, 4) is 22.3 Å². The molecule has 0 amide bonds. The van der Waals surface area contributed by atoms with Crippen LogP contribution in [-0.4, -0.2) is 40.8 Å². The number of hydrogen-bond acceptors (Lipinski definition) is 11. The molecule has 2 atom stereocenters. The van der Waals surface area contributed by atoms with Gasteiger partial charge >= 0.3 is 0 Å². The average Bonchev–Trinajstić information content (AvgIpc) is 1.55. The van der Waals surface area contributed by atoms with Crippen molar-refractivity contribution in [2.75, 3.05) is 19.6 Å². The largest absolute Gasteiger partial charge is 0.311 e. The molecular weight excluding hydrogens is 1560 g/mol. The van der Waals surface area contributed by atoms with Crippen molar-refractivity contribution in [1.82, 2.24) is 37.5 Å². The second-order valence-corrected chi connectivity index (χ2v) is 29.3. The fourth-order valence-corrected chi connectivity index (χ4v) is 16.9. The first-order valence-corrected chi connectivity index (χ1v) is 39.8. The van der Waals surface area contributed by atoms with E-state index in [1.54, 1.807) is 5.01 Å². The lowest BCUT2D eigenvalue weighted by Gasteiger charge is -2.32. The maximum absolute atomic E-state index is 15.2. The molecule has 1 aliphatic heterocycles. The summed E-state index contributed by atoms with van der Waals surface area (Å²) in [6.45, 7) is -0.327. The Hall–Kier alpha value is -14.9. The zero-order valence-corrected chi connectivity index (χ0v) is 64.6. The minimum atomic E-state index is -0.662. The molecule has 4 heterocycles. The molecule has 15 aromatic carbocycles. The zero-order valence-electron chi connectivity index (χ0n) is 63.0. The highest BCUT2D eigenvalue weighted by molar-refractivity contribution is 7.00. The van der Waals surface area contributed by atoms with Gasteiger partial charge < -0.3 is 19.6 Å². The molecule has 0 spiro atoms. The summed E-state index contributed by atoms with van der Waals surface area (Å²) < 4.78 is 80.0. The highest BCUT2D eigenvalue weighted by Gasteiger charge is 2.43. The van der Waals surface area contributed by atoms with Crippen LogP contribution in [0, 0.1) is 23.3 Å². The van der Waals surface area contributed by atoms with Crippen LogP contribution < -0.4 is 39.0 Å². The van der Waals surface area contributed by atoms with Crippen LogP contribution in [-0.2, 0) is 13.1 Å². The molecule has 0 radical (unpaired) electrons. The van der Waals surface area contributed by atoms with Gasteiger partial charge in [-0.15, -0.1) is 0 Å². The van der Waals surface area contributed by atoms with E-state index in [1.165, 1.54) is 41.2 Å². The number of rotatable bonds is 20. The lowest BCUT2D eigenvalue weighted by Crippen LogP contribution is -2.49. The Morgan fingerprint density at radius 3 is 0.943 bits per heavy atom. The van der Waals surface area contributed by atoms with E-state index in [2.05, 4.69) is 195 Å². The Morgan fingerprint density at radius 1 is 0.295 bits per heavy atom. The summed E-state index contributed by atoms with van der Waals surface area (Å²) in [5, 5.41) is 22.5. The first kappa shape index (κ1) is 82.2. The standard InChI is InChI=1S/C49H35F2N7S.C49H33F2N7S.4CH4/c50-42-22-13-23-43(51)41(42)32-56-49-45(34-26-30-40(31-27-34)58(37-18-9-3-10-19-37)38-20-11-4-12-21-38)47-46(53-59-54-47)44(48(49)52-55-56)33-24-28-39(29-25-33)57(35-14-5-1-6-15-35)36-16-7-2-8-17-36;50-42-22-13-23-43(51)41(42)32-56-52-46-44(33-24-28-39(29-25-33)57(35-14-5-1-6-15-35)36-16-7-2-8-17-36)48-49(55-59-54-48)45(47(46)53-56)34-26-30-40(31-27-34)58(37-18-9-3-10-19-37)38-20-11-4-12-21-38;;;;/h1-31,48-49H,32H2;1-31H,32H2;4*1H4. The van der Waals surface area contributed by atoms with Crippen molar-refractivity contribution in [2.24, 2.45) is 10.3 Å². The van der Waals surface area contributed by atoms with E-state index >= 15 is 17.6 Å². The monoisotopic (exact) mass is 1640 g/mol. The van der Waals surface area contributed by atoms with E-state index in [0.29, 0.717) is 27.4 Å². The summed E-state index contributed by atoms with van der Waals surface area (Å²) in [6.07, 6.45) is 0. The highest BCUT2D eigenvalue weighted by Crippen LogP contribution is 2.47. The molecule has 1 aliphatic carbocycles. The molecule has 20 rings (SSSR count). The first-order valence-electron chi connectivity index (χ1n) is 38.4. The first-order chi connectivity index (χ1) is 58.2. The fraction of sp³-hybridized carbons (Fsp3) is 0.0784. The third kappa shape index (κ3) is 16.1. The minimum Gasteiger partial charge on any atom is -0.311 e. The minimum absolute atomic E-state index is 0. The maximum atomic E-state index is 15.2. The van der Waals surface area contributed by atoms with Crippen LogP contribution in [0.1, 0.15) is 52.0 Å². The van der Waals surface area contributed by atoms with E-state index < -0.39 is 35.4 Å². The SMILES string of the molecule is C.C.C.C.Fc1cccc(F)c1CN1N=NC2C(c3ccc(N(c4ccccc4)c4ccccc4)cc3)=c3[n-][s+]nc3=C(c3ccc(N(c4ccccc4)c4ccccc4)cc3)C21.Fc1cccc(F)c1Cn1nc2c(-c3ccc(N(c4ccccc4)c4ccccc4)cc3)c3n[s+][n-]c3c(-c3ccc(N(c4ccccc4)c4ccccc4)cc3)c2n1. The molecule has 0 N–H and O–H groups in total. The van der Waals surface area contributed by atoms with Gasteiger partial charge in [-0.2, -0.15) is 37.6 Å². The number of anilines is 12. The van der Waals surface area contributed by atoms with Crippen molar-refractivity contribution in [2.45, 2.75) is 54.9 Å². The normalized spacial score (nSPS) is 13.0. The average molecular weight is 1650 g/mol. The van der Waals surface area contributed by atoms with Crippen molar-refractivity contribution in [3.05, 3.63) is 432 Å². The molecule has 2 unspecified atom stereocenters. The number of hydrogen-bond donors (Lipinski definition) is 0. The van der Waals surface area contributed by atoms with Gasteiger partial charge in [-0.05, 0) is 203 Å². The number of para-hydroxylation sites is 8. The molecule has 14 nitrogen and oxygen atoms in total. The smallest absolute Gasteiger partial charge is 0.279 e. The van der Waals surface area contributed by atoms with Crippen LogP contribution in [0.2, 0.25) is 0 Å². The Bertz CT molecular complexity index is 6370. The van der Waals surface area contributed by atoms with E-state index in [1.807, 2.05) is 170 Å². The number of fused-ring (bicyclic) bond motifs is 4. The molecule has 0 saturated heterocycles. The maximum Gasteiger partial charge on any atom is 0.279 e. The number of halogens is 4. The summed E-state index contributed by atoms with van der Waals surface area (Å²) in [5.41, 5.74) is 21.0. The summed E-state index contributed by atoms with van der Waals surface area (Å²) in [4.78, 5) is 10.2. The predicted octanol–water partition coefficient (Wildman–Crippen LogP) is 26.1. The lowest BCUT2D eigenvalue weighted by atomic mass is 9.82. The third-order valence-electron chi connectivity index (χ3n) is 21.2. The number of benzene rings is 15. The van der Waals surface area contributed by atoms with Gasteiger partial charge in [-0.1, -0.05) is 241 Å². The van der Waals surface area contributed by atoms with Crippen molar-refractivity contribution >= 4 is 125 Å². The van der Waals surface area contributed by atoms with E-state index in [9.17, 15) is 0 Å². The second kappa shape index (κ2) is 36.6. The summed E-state index contributed by atoms with van der Waals surface area (Å²) in [7, 11) is 0. The van der Waals surface area contributed by atoms with Crippen LogP contribution in [0.4, 0.5) is 85.8 Å². The summed E-state index contributed by atoms with van der Waals surface area (Å²) in [6, 6.07) is 122. The molecular formula is C102H84F4N14S2. The fourth-order valence-electron chi connectivity index (χ4n) is 15.7. The van der Waals surface area contributed by atoms with E-state index in [4.69, 9.17) is 32.8 Å². The van der Waals surface area contributed by atoms with Crippen LogP contribution in [0.25, 0.3) is 55.5 Å². The molecule has 0 fully saturated rings. The van der Waals surface area contributed by atoms with Crippen molar-refractivity contribution in [3.63, 3.8) is 0 Å². The van der Waals surface area contributed by atoms with E-state index in [0.717, 1.165) is 142 Å². The topological polar surface area (TPSA) is 126 Å². The van der Waals surface area contributed by atoms with Gasteiger partial charge in [0.1, 0.15) is 46.4 Å². The van der Waals surface area contributed by atoms with Crippen molar-refractivity contribution < 1.29 is 17.6 Å². The summed E-state index contributed by atoms with van der Waals surface area (Å²) in [5.74, 6) is -2.59. The highest BCUT2D eigenvalue weighted by atomic mass is 32.1. The van der Waals surface area contributed by atoms with Crippen molar-refractivity contribution in [1.29, 1.82) is 0 Å². The lowest BCUT2D eigenvalue weighted by molar-refractivity contribution is 0.252. The Balaban J connectivity index is 0.000000183. The van der Waals surface area contributed by atoms with Crippen LogP contribution in [0.15, 0.2) is 386 Å². The number of nitrogens with zero attached hydrogens (tertiary/aromatic N) is 14. The van der Waals surface area contributed by atoms with Gasteiger partial charge in [-0.25, -0.2) is 17.6 Å². The van der Waals surface area contributed by atoms with Gasteiger partial charge in [0.15, 0.2) is 0 Å². The molecule has 0 saturated carbocycles. The molecule has 3 aromatic heterocycles. The Kier molecular flexibility index (Phi) is 24.6. The zero-order chi connectivity index (χ0) is 79.4.